The predicted octanol–water partition coefficient (Wildman–Crippen LogP) is 4.02. The highest BCUT2D eigenvalue weighted by atomic mass is 32.2. The summed E-state index contributed by atoms with van der Waals surface area (Å²) >= 11 is 1.99. The van der Waals surface area contributed by atoms with Crippen LogP contribution in [0, 0.1) is 0 Å². The van der Waals surface area contributed by atoms with Crippen molar-refractivity contribution in [3.63, 3.8) is 0 Å². The topological polar surface area (TPSA) is 12.5 Å². The largest absolute Gasteiger partial charge is 0.492 e. The summed E-state index contributed by atoms with van der Waals surface area (Å²) in [6.45, 7) is 4.23. The second kappa shape index (κ2) is 7.64. The zero-order valence-electron chi connectivity index (χ0n) is 17.0. The van der Waals surface area contributed by atoms with Crippen LogP contribution in [0.5, 0.6) is 5.75 Å². The third-order valence-electron chi connectivity index (χ3n) is 6.45. The van der Waals surface area contributed by atoms with Crippen molar-refractivity contribution in [2.45, 2.75) is 18.1 Å². The maximum Gasteiger partial charge on any atom is 0.119 e. The fourth-order valence-corrected chi connectivity index (χ4v) is 6.36. The van der Waals surface area contributed by atoms with E-state index >= 15 is 0 Å². The standard InChI is InChI=1S/C27H25NOS/c1-2-8-22-21(7-1)25(26-23-9-3-4-10-24(23)30-27(22)26)19-11-13-20(14-12-19)29-18-17-28-15-5-6-16-28/h1-4,7-14,24H,5-6,15-18H2. The Hall–Kier alpha value is -2.49. The van der Waals surface area contributed by atoms with E-state index in [1.807, 2.05) is 11.8 Å². The Morgan fingerprint density at radius 2 is 1.70 bits per heavy atom. The van der Waals surface area contributed by atoms with Crippen molar-refractivity contribution in [1.29, 1.82) is 0 Å². The van der Waals surface area contributed by atoms with E-state index in [-0.39, 0.29) is 0 Å². The summed E-state index contributed by atoms with van der Waals surface area (Å²) in [5, 5.41) is 3.17. The van der Waals surface area contributed by atoms with Crippen LogP contribution >= 0.6 is 11.8 Å². The van der Waals surface area contributed by atoms with Gasteiger partial charge in [-0.05, 0) is 65.2 Å². The summed E-state index contributed by atoms with van der Waals surface area (Å²) in [6.07, 6.45) is 11.6. The molecule has 2 aromatic rings. The van der Waals surface area contributed by atoms with Gasteiger partial charge >= 0.3 is 0 Å². The highest BCUT2D eigenvalue weighted by Gasteiger charge is 2.34. The molecular weight excluding hydrogens is 386 g/mol. The summed E-state index contributed by atoms with van der Waals surface area (Å²) in [5.74, 6) is 0.964. The number of benzene rings is 2. The van der Waals surface area contributed by atoms with Crippen LogP contribution in [0.15, 0.2) is 84.0 Å². The first-order valence-corrected chi connectivity index (χ1v) is 11.8. The molecule has 0 saturated carbocycles. The minimum absolute atomic E-state index is 0.441. The van der Waals surface area contributed by atoms with Crippen LogP contribution in [-0.4, -0.2) is 36.4 Å². The monoisotopic (exact) mass is 411 g/mol. The maximum atomic E-state index is 6.03. The van der Waals surface area contributed by atoms with Crippen LogP contribution in [0.25, 0.3) is 10.5 Å². The van der Waals surface area contributed by atoms with Crippen LogP contribution in [0.4, 0.5) is 0 Å². The zero-order chi connectivity index (χ0) is 19.9. The Morgan fingerprint density at radius 1 is 0.900 bits per heavy atom. The molecule has 2 aliphatic carbocycles. The Labute approximate surface area is 181 Å². The lowest BCUT2D eigenvalue weighted by atomic mass is 9.92. The second-order valence-corrected chi connectivity index (χ2v) is 9.44. The number of fused-ring (bicyclic) bond motifs is 3. The molecule has 2 nitrogen and oxygen atoms in total. The molecule has 1 saturated heterocycles. The molecule has 3 heteroatoms. The van der Waals surface area contributed by atoms with Gasteiger partial charge in [0.05, 0.1) is 5.25 Å². The van der Waals surface area contributed by atoms with Gasteiger partial charge in [0, 0.05) is 17.0 Å². The van der Waals surface area contributed by atoms with Gasteiger partial charge < -0.3 is 4.74 Å². The Balaban J connectivity index is 1.33. The van der Waals surface area contributed by atoms with Gasteiger partial charge in [0.15, 0.2) is 0 Å². The number of allylic oxidation sites excluding steroid dienone is 3. The van der Waals surface area contributed by atoms with Crippen molar-refractivity contribution in [2.75, 3.05) is 26.2 Å². The van der Waals surface area contributed by atoms with E-state index < -0.39 is 0 Å². The lowest BCUT2D eigenvalue weighted by Crippen LogP contribution is -2.25. The average molecular weight is 412 g/mol. The third-order valence-corrected chi connectivity index (χ3v) is 7.77. The molecule has 4 aliphatic rings. The van der Waals surface area contributed by atoms with Gasteiger partial charge in [-0.3, -0.25) is 4.90 Å². The fraction of sp³-hybridized carbons (Fsp3) is 0.259. The smallest absolute Gasteiger partial charge is 0.119 e. The van der Waals surface area contributed by atoms with E-state index in [9.17, 15) is 0 Å². The third kappa shape index (κ3) is 3.08. The normalized spacial score (nSPS) is 21.9. The van der Waals surface area contributed by atoms with Gasteiger partial charge in [-0.15, -0.1) is 11.8 Å². The molecule has 1 atom stereocenters. The lowest BCUT2D eigenvalue weighted by Gasteiger charge is -2.15. The van der Waals surface area contributed by atoms with Crippen molar-refractivity contribution in [3.8, 4) is 5.75 Å². The predicted molar refractivity (Wildman–Crippen MR) is 126 cm³/mol. The van der Waals surface area contributed by atoms with Gasteiger partial charge in [0.25, 0.3) is 0 Å². The highest BCUT2D eigenvalue weighted by molar-refractivity contribution is 8.09. The first-order valence-electron chi connectivity index (χ1n) is 10.9. The van der Waals surface area contributed by atoms with Crippen molar-refractivity contribution in [3.05, 3.63) is 100.0 Å². The van der Waals surface area contributed by atoms with Crippen LogP contribution in [0.2, 0.25) is 0 Å². The molecule has 2 aromatic carbocycles. The molecule has 150 valence electrons. The second-order valence-electron chi connectivity index (χ2n) is 8.28. The van der Waals surface area contributed by atoms with E-state index in [0.29, 0.717) is 5.25 Å². The molecular formula is C27H25NOS. The summed E-state index contributed by atoms with van der Waals surface area (Å²) < 4.78 is 6.03. The summed E-state index contributed by atoms with van der Waals surface area (Å²) in [7, 11) is 0. The van der Waals surface area contributed by atoms with Gasteiger partial charge in [-0.25, -0.2) is 0 Å². The minimum atomic E-state index is 0.441. The SMILES string of the molecule is C1=CC2=C3C(=c4ccccc4=C3c3ccc(OCCN4CCCC4)cc3)SC2C=C1. The van der Waals surface area contributed by atoms with Crippen LogP contribution in [-0.2, 0) is 0 Å². The van der Waals surface area contributed by atoms with Crippen molar-refractivity contribution in [2.24, 2.45) is 0 Å². The molecule has 1 fully saturated rings. The molecule has 2 aliphatic heterocycles. The molecule has 0 spiro atoms. The van der Waals surface area contributed by atoms with E-state index in [2.05, 4.69) is 77.7 Å². The highest BCUT2D eigenvalue weighted by Crippen LogP contribution is 2.50. The average Bonchev–Trinajstić information content (AvgIpc) is 3.50. The number of hydrogen-bond acceptors (Lipinski definition) is 3. The van der Waals surface area contributed by atoms with E-state index in [1.54, 1.807) is 0 Å². The number of ether oxygens (including phenoxy) is 1. The molecule has 30 heavy (non-hydrogen) atoms. The van der Waals surface area contributed by atoms with Gasteiger partial charge in [0.1, 0.15) is 12.4 Å². The molecule has 0 N–H and O–H groups in total. The Kier molecular flexibility index (Phi) is 4.66. The van der Waals surface area contributed by atoms with Crippen molar-refractivity contribution in [1.82, 2.24) is 4.90 Å². The number of likely N-dealkylation sites (tertiary alicyclic amines) is 1. The molecule has 0 aromatic heterocycles. The van der Waals surface area contributed by atoms with Gasteiger partial charge in [0.2, 0.25) is 0 Å². The Bertz CT molecular complexity index is 1200. The van der Waals surface area contributed by atoms with Crippen LogP contribution < -0.4 is 15.2 Å². The van der Waals surface area contributed by atoms with E-state index in [4.69, 9.17) is 4.74 Å². The number of rotatable bonds is 5. The fourth-order valence-electron chi connectivity index (χ4n) is 4.97. The number of thioether (sulfide) groups is 1. The molecule has 0 bridgehead atoms. The van der Waals surface area contributed by atoms with Crippen LogP contribution in [0.1, 0.15) is 18.4 Å². The summed E-state index contributed by atoms with van der Waals surface area (Å²) in [4.78, 5) is 3.92. The molecule has 1 unspecified atom stereocenters. The first kappa shape index (κ1) is 18.3. The molecule has 0 radical (unpaired) electrons. The van der Waals surface area contributed by atoms with Crippen molar-refractivity contribution < 1.29 is 4.74 Å². The zero-order valence-corrected chi connectivity index (χ0v) is 17.8. The minimum Gasteiger partial charge on any atom is -0.492 e. The van der Waals surface area contributed by atoms with Crippen molar-refractivity contribution >= 4 is 22.2 Å². The van der Waals surface area contributed by atoms with E-state index in [1.165, 1.54) is 63.6 Å². The Morgan fingerprint density at radius 3 is 2.53 bits per heavy atom. The first-order chi connectivity index (χ1) is 14.9. The van der Waals surface area contributed by atoms with Crippen LogP contribution in [0.3, 0.4) is 0 Å². The molecule has 0 amide bonds. The number of hydrogen-bond donors (Lipinski definition) is 0. The maximum absolute atomic E-state index is 6.03. The molecule has 2 heterocycles. The van der Waals surface area contributed by atoms with Gasteiger partial charge in [-0.2, -0.15) is 0 Å². The van der Waals surface area contributed by atoms with E-state index in [0.717, 1.165) is 18.9 Å². The summed E-state index contributed by atoms with van der Waals surface area (Å²) in [5.41, 5.74) is 5.51. The summed E-state index contributed by atoms with van der Waals surface area (Å²) in [6, 6.07) is 17.6. The quantitative estimate of drug-likeness (QED) is 0.737. The number of nitrogens with zero attached hydrogens (tertiary/aromatic N) is 1. The lowest BCUT2D eigenvalue weighted by molar-refractivity contribution is 0.238. The van der Waals surface area contributed by atoms with Gasteiger partial charge in [-0.1, -0.05) is 60.7 Å². The molecule has 6 rings (SSSR count).